The van der Waals surface area contributed by atoms with E-state index in [-0.39, 0.29) is 5.41 Å². The standard InChI is InChI=1S/C18H25ClN2/c1-12(2)10-20-11-13-9-16(18(3,4)5)21-17-14(13)7-6-8-15(17)19/h6-9,12,20H,10-11H2,1-5H3. The number of hydrogen-bond donors (Lipinski definition) is 1. The first-order valence-corrected chi connectivity index (χ1v) is 7.96. The van der Waals surface area contributed by atoms with Crippen molar-refractivity contribution < 1.29 is 0 Å². The molecule has 0 saturated heterocycles. The summed E-state index contributed by atoms with van der Waals surface area (Å²) in [7, 11) is 0. The molecule has 21 heavy (non-hydrogen) atoms. The molecule has 2 aromatic rings. The molecular formula is C18H25ClN2. The molecule has 1 heterocycles. The summed E-state index contributed by atoms with van der Waals surface area (Å²) in [5.41, 5.74) is 3.28. The SMILES string of the molecule is CC(C)CNCc1cc(C(C)(C)C)nc2c(Cl)cccc12. The number of hydrogen-bond acceptors (Lipinski definition) is 2. The molecule has 0 atom stereocenters. The summed E-state index contributed by atoms with van der Waals surface area (Å²) in [6.07, 6.45) is 0. The number of aromatic nitrogens is 1. The fourth-order valence-corrected chi connectivity index (χ4v) is 2.53. The summed E-state index contributed by atoms with van der Waals surface area (Å²) in [5.74, 6) is 0.642. The third-order valence-corrected chi connectivity index (χ3v) is 3.82. The minimum Gasteiger partial charge on any atom is -0.312 e. The molecule has 2 rings (SSSR count). The van der Waals surface area contributed by atoms with Gasteiger partial charge in [-0.3, -0.25) is 4.98 Å². The minimum absolute atomic E-state index is 0.0140. The normalized spacial score (nSPS) is 12.3. The number of pyridine rings is 1. The van der Waals surface area contributed by atoms with Gasteiger partial charge in [-0.05, 0) is 30.2 Å². The average molecular weight is 305 g/mol. The molecule has 1 aromatic carbocycles. The number of nitrogens with zero attached hydrogens (tertiary/aromatic N) is 1. The second-order valence-electron chi connectivity index (χ2n) is 7.08. The number of halogens is 1. The Hall–Kier alpha value is -1.12. The van der Waals surface area contributed by atoms with Crippen LogP contribution in [-0.2, 0) is 12.0 Å². The van der Waals surface area contributed by atoms with Crippen LogP contribution in [-0.4, -0.2) is 11.5 Å². The Morgan fingerprint density at radius 1 is 1.24 bits per heavy atom. The van der Waals surface area contributed by atoms with Crippen LogP contribution in [0.15, 0.2) is 24.3 Å². The Balaban J connectivity index is 2.48. The van der Waals surface area contributed by atoms with Gasteiger partial charge in [0.1, 0.15) is 0 Å². The molecule has 1 aromatic heterocycles. The molecule has 2 nitrogen and oxygen atoms in total. The first-order chi connectivity index (χ1) is 9.79. The molecule has 0 fully saturated rings. The quantitative estimate of drug-likeness (QED) is 0.866. The Morgan fingerprint density at radius 2 is 1.95 bits per heavy atom. The third kappa shape index (κ3) is 3.96. The summed E-state index contributed by atoms with van der Waals surface area (Å²) in [4.78, 5) is 4.79. The highest BCUT2D eigenvalue weighted by atomic mass is 35.5. The lowest BCUT2D eigenvalue weighted by atomic mass is 9.90. The zero-order chi connectivity index (χ0) is 15.6. The fraction of sp³-hybridized carbons (Fsp3) is 0.500. The third-order valence-electron chi connectivity index (χ3n) is 3.51. The van der Waals surface area contributed by atoms with Crippen molar-refractivity contribution in [3.63, 3.8) is 0 Å². The Bertz CT molecular complexity index is 627. The van der Waals surface area contributed by atoms with Gasteiger partial charge in [-0.25, -0.2) is 0 Å². The van der Waals surface area contributed by atoms with Crippen molar-refractivity contribution in [3.05, 3.63) is 40.5 Å². The van der Waals surface area contributed by atoms with E-state index in [4.69, 9.17) is 16.6 Å². The predicted molar refractivity (Wildman–Crippen MR) is 92.0 cm³/mol. The topological polar surface area (TPSA) is 24.9 Å². The smallest absolute Gasteiger partial charge is 0.0894 e. The van der Waals surface area contributed by atoms with E-state index in [1.54, 1.807) is 0 Å². The van der Waals surface area contributed by atoms with Crippen LogP contribution in [0.2, 0.25) is 5.02 Å². The maximum atomic E-state index is 6.35. The van der Waals surface area contributed by atoms with Gasteiger partial charge in [-0.2, -0.15) is 0 Å². The molecule has 0 bridgehead atoms. The van der Waals surface area contributed by atoms with Crippen molar-refractivity contribution in [2.75, 3.05) is 6.54 Å². The zero-order valence-corrected chi connectivity index (χ0v) is 14.4. The molecule has 0 aliphatic heterocycles. The van der Waals surface area contributed by atoms with E-state index in [1.807, 2.05) is 12.1 Å². The van der Waals surface area contributed by atoms with Crippen molar-refractivity contribution in [1.82, 2.24) is 10.3 Å². The van der Waals surface area contributed by atoms with Gasteiger partial charge in [0.2, 0.25) is 0 Å². The van der Waals surface area contributed by atoms with Gasteiger partial charge in [0, 0.05) is 23.0 Å². The lowest BCUT2D eigenvalue weighted by Gasteiger charge is -2.20. The molecule has 0 unspecified atom stereocenters. The second kappa shape index (κ2) is 6.33. The van der Waals surface area contributed by atoms with Crippen LogP contribution < -0.4 is 5.32 Å². The molecule has 0 amide bonds. The maximum Gasteiger partial charge on any atom is 0.0894 e. The van der Waals surface area contributed by atoms with Gasteiger partial charge in [0.25, 0.3) is 0 Å². The molecule has 0 aliphatic carbocycles. The molecular weight excluding hydrogens is 280 g/mol. The lowest BCUT2D eigenvalue weighted by molar-refractivity contribution is 0.549. The van der Waals surface area contributed by atoms with Gasteiger partial charge in [-0.15, -0.1) is 0 Å². The number of nitrogens with one attached hydrogen (secondary N) is 1. The van der Waals surface area contributed by atoms with Crippen LogP contribution in [0, 0.1) is 5.92 Å². The maximum absolute atomic E-state index is 6.35. The zero-order valence-electron chi connectivity index (χ0n) is 13.6. The van der Waals surface area contributed by atoms with Crippen LogP contribution in [0.25, 0.3) is 10.9 Å². The van der Waals surface area contributed by atoms with Crippen LogP contribution in [0.1, 0.15) is 45.9 Å². The summed E-state index contributed by atoms with van der Waals surface area (Å²) in [6, 6.07) is 8.22. The van der Waals surface area contributed by atoms with E-state index in [9.17, 15) is 0 Å². The summed E-state index contributed by atoms with van der Waals surface area (Å²) >= 11 is 6.35. The van der Waals surface area contributed by atoms with Crippen LogP contribution >= 0.6 is 11.6 Å². The van der Waals surface area contributed by atoms with Gasteiger partial charge < -0.3 is 5.32 Å². The number of rotatable bonds is 4. The first-order valence-electron chi connectivity index (χ1n) is 7.58. The van der Waals surface area contributed by atoms with Crippen LogP contribution in [0.4, 0.5) is 0 Å². The van der Waals surface area contributed by atoms with Crippen LogP contribution in [0.5, 0.6) is 0 Å². The van der Waals surface area contributed by atoms with Gasteiger partial charge in [-0.1, -0.05) is 58.4 Å². The van der Waals surface area contributed by atoms with E-state index in [0.29, 0.717) is 5.92 Å². The van der Waals surface area contributed by atoms with E-state index < -0.39 is 0 Å². The average Bonchev–Trinajstić information content (AvgIpc) is 2.38. The summed E-state index contributed by atoms with van der Waals surface area (Å²) in [6.45, 7) is 12.8. The first kappa shape index (κ1) is 16.3. The number of fused-ring (bicyclic) bond motifs is 1. The highest BCUT2D eigenvalue weighted by Crippen LogP contribution is 2.29. The lowest BCUT2D eigenvalue weighted by Crippen LogP contribution is -2.20. The van der Waals surface area contributed by atoms with Crippen molar-refractivity contribution in [2.24, 2.45) is 5.92 Å². The van der Waals surface area contributed by atoms with Crippen molar-refractivity contribution in [2.45, 2.75) is 46.6 Å². The Labute approximate surface area is 132 Å². The van der Waals surface area contributed by atoms with Crippen molar-refractivity contribution >= 4 is 22.5 Å². The van der Waals surface area contributed by atoms with Crippen LogP contribution in [0.3, 0.4) is 0 Å². The molecule has 0 saturated carbocycles. The van der Waals surface area contributed by atoms with Gasteiger partial charge >= 0.3 is 0 Å². The van der Waals surface area contributed by atoms with Gasteiger partial charge in [0.15, 0.2) is 0 Å². The molecule has 114 valence electrons. The number of para-hydroxylation sites is 1. The van der Waals surface area contributed by atoms with Crippen molar-refractivity contribution in [3.8, 4) is 0 Å². The highest BCUT2D eigenvalue weighted by molar-refractivity contribution is 6.35. The van der Waals surface area contributed by atoms with E-state index in [0.717, 1.165) is 34.7 Å². The summed E-state index contributed by atoms with van der Waals surface area (Å²) in [5, 5.41) is 5.39. The summed E-state index contributed by atoms with van der Waals surface area (Å²) < 4.78 is 0. The molecule has 0 aliphatic rings. The number of benzene rings is 1. The van der Waals surface area contributed by atoms with Gasteiger partial charge in [0.05, 0.1) is 10.5 Å². The predicted octanol–water partition coefficient (Wildman–Crippen LogP) is 4.93. The van der Waals surface area contributed by atoms with Crippen molar-refractivity contribution in [1.29, 1.82) is 0 Å². The Kier molecular flexibility index (Phi) is 4.90. The highest BCUT2D eigenvalue weighted by Gasteiger charge is 2.18. The molecule has 0 radical (unpaired) electrons. The van der Waals surface area contributed by atoms with E-state index >= 15 is 0 Å². The minimum atomic E-state index is 0.0140. The molecule has 1 N–H and O–H groups in total. The largest absolute Gasteiger partial charge is 0.312 e. The molecule has 3 heteroatoms. The molecule has 0 spiro atoms. The monoisotopic (exact) mass is 304 g/mol. The van der Waals surface area contributed by atoms with E-state index in [2.05, 4.69) is 52.1 Å². The fourth-order valence-electron chi connectivity index (χ4n) is 2.31. The Morgan fingerprint density at radius 3 is 2.57 bits per heavy atom. The second-order valence-corrected chi connectivity index (χ2v) is 7.48. The van der Waals surface area contributed by atoms with E-state index in [1.165, 1.54) is 5.56 Å².